The van der Waals surface area contributed by atoms with E-state index in [1.54, 1.807) is 38.5 Å². The molecule has 1 amide bonds. The summed E-state index contributed by atoms with van der Waals surface area (Å²) in [4.78, 5) is 20.0. The van der Waals surface area contributed by atoms with Crippen LogP contribution in [-0.2, 0) is 4.79 Å². The molecular formula is C12H14ClN5O. The van der Waals surface area contributed by atoms with E-state index in [0.717, 1.165) is 0 Å². The molecule has 0 saturated heterocycles. The highest BCUT2D eigenvalue weighted by atomic mass is 35.5. The van der Waals surface area contributed by atoms with Gasteiger partial charge in [0.05, 0.1) is 17.3 Å². The lowest BCUT2D eigenvalue weighted by molar-refractivity contribution is -0.122. The molecule has 2 rings (SSSR count). The van der Waals surface area contributed by atoms with Crippen LogP contribution in [0.15, 0.2) is 31.0 Å². The van der Waals surface area contributed by atoms with Crippen molar-refractivity contribution in [2.24, 2.45) is 5.41 Å². The highest BCUT2D eigenvalue weighted by Crippen LogP contribution is 2.20. The molecule has 2 heterocycles. The van der Waals surface area contributed by atoms with E-state index in [-0.39, 0.29) is 11.8 Å². The third kappa shape index (κ3) is 3.08. The van der Waals surface area contributed by atoms with Crippen LogP contribution in [0.25, 0.3) is 5.82 Å². The third-order valence-corrected chi connectivity index (χ3v) is 3.28. The van der Waals surface area contributed by atoms with Gasteiger partial charge >= 0.3 is 0 Å². The minimum Gasteiger partial charge on any atom is -0.324 e. The van der Waals surface area contributed by atoms with Gasteiger partial charge in [-0.05, 0) is 26.0 Å². The lowest BCUT2D eigenvalue weighted by Gasteiger charge is -2.20. The Bertz CT molecular complexity index is 550. The zero-order chi connectivity index (χ0) is 13.9. The molecule has 19 heavy (non-hydrogen) atoms. The summed E-state index contributed by atoms with van der Waals surface area (Å²) in [5, 5.41) is 6.74. The van der Waals surface area contributed by atoms with E-state index >= 15 is 0 Å². The van der Waals surface area contributed by atoms with E-state index in [1.807, 2.05) is 0 Å². The lowest BCUT2D eigenvalue weighted by atomic mass is 9.95. The van der Waals surface area contributed by atoms with Gasteiger partial charge in [-0.15, -0.1) is 11.6 Å². The van der Waals surface area contributed by atoms with Gasteiger partial charge in [0.15, 0.2) is 5.82 Å². The number of rotatable bonds is 4. The first kappa shape index (κ1) is 13.5. The summed E-state index contributed by atoms with van der Waals surface area (Å²) >= 11 is 5.75. The fourth-order valence-electron chi connectivity index (χ4n) is 1.28. The second-order valence-electron chi connectivity index (χ2n) is 4.72. The number of carbonyl (C=O) groups is 1. The summed E-state index contributed by atoms with van der Waals surface area (Å²) in [5.41, 5.74) is -0.00127. The van der Waals surface area contributed by atoms with Crippen molar-refractivity contribution < 1.29 is 4.79 Å². The molecule has 0 spiro atoms. The van der Waals surface area contributed by atoms with E-state index in [9.17, 15) is 4.79 Å². The molecule has 0 aliphatic carbocycles. The van der Waals surface area contributed by atoms with Gasteiger partial charge < -0.3 is 5.32 Å². The quantitative estimate of drug-likeness (QED) is 0.867. The number of hydrogen-bond acceptors (Lipinski definition) is 4. The summed E-state index contributed by atoms with van der Waals surface area (Å²) in [6, 6.07) is 3.50. The molecule has 0 fully saturated rings. The van der Waals surface area contributed by atoms with Crippen LogP contribution in [0.1, 0.15) is 13.8 Å². The number of hydrogen-bond donors (Lipinski definition) is 1. The van der Waals surface area contributed by atoms with Crippen LogP contribution in [-0.4, -0.2) is 31.5 Å². The fraction of sp³-hybridized carbons (Fsp3) is 0.333. The summed E-state index contributed by atoms with van der Waals surface area (Å²) in [6.45, 7) is 3.57. The molecule has 6 nitrogen and oxygen atoms in total. The third-order valence-electron chi connectivity index (χ3n) is 2.61. The van der Waals surface area contributed by atoms with Crippen molar-refractivity contribution in [3.8, 4) is 5.82 Å². The van der Waals surface area contributed by atoms with Crippen LogP contribution in [0.5, 0.6) is 0 Å². The first-order valence-corrected chi connectivity index (χ1v) is 6.25. The molecule has 7 heteroatoms. The number of anilines is 1. The van der Waals surface area contributed by atoms with Gasteiger partial charge in [0.25, 0.3) is 0 Å². The van der Waals surface area contributed by atoms with Gasteiger partial charge in [-0.25, -0.2) is 14.6 Å². The van der Waals surface area contributed by atoms with Crippen molar-refractivity contribution in [2.45, 2.75) is 13.8 Å². The Labute approximate surface area is 115 Å². The Hall–Kier alpha value is -1.95. The zero-order valence-corrected chi connectivity index (χ0v) is 11.4. The standard InChI is InChI=1S/C12H14ClN5O/c1-12(2,6-13)11(19)17-9-3-4-10(15-5-9)18-8-14-7-16-18/h3-5,7-8H,6H2,1-2H3,(H,17,19). The number of amides is 1. The molecule has 0 aliphatic rings. The molecule has 0 bridgehead atoms. The normalized spacial score (nSPS) is 11.3. The number of aromatic nitrogens is 4. The van der Waals surface area contributed by atoms with Crippen LogP contribution in [0.2, 0.25) is 0 Å². The highest BCUT2D eigenvalue weighted by molar-refractivity contribution is 6.20. The average Bonchev–Trinajstić information content (AvgIpc) is 2.93. The molecule has 0 unspecified atom stereocenters. The van der Waals surface area contributed by atoms with E-state index in [0.29, 0.717) is 11.5 Å². The molecular weight excluding hydrogens is 266 g/mol. The van der Waals surface area contributed by atoms with Gasteiger partial charge in [-0.1, -0.05) is 0 Å². The number of nitrogens with one attached hydrogen (secondary N) is 1. The highest BCUT2D eigenvalue weighted by Gasteiger charge is 2.26. The van der Waals surface area contributed by atoms with Crippen LogP contribution in [0.4, 0.5) is 5.69 Å². The van der Waals surface area contributed by atoms with Gasteiger partial charge in [0.1, 0.15) is 12.7 Å². The maximum atomic E-state index is 11.9. The first-order chi connectivity index (χ1) is 9.03. The number of nitrogens with zero attached hydrogens (tertiary/aromatic N) is 4. The van der Waals surface area contributed by atoms with Crippen LogP contribution < -0.4 is 5.32 Å². The molecule has 0 radical (unpaired) electrons. The summed E-state index contributed by atoms with van der Waals surface area (Å²) in [6.07, 6.45) is 4.55. The predicted molar refractivity (Wildman–Crippen MR) is 72.3 cm³/mol. The molecule has 0 aliphatic heterocycles. The maximum absolute atomic E-state index is 11.9. The average molecular weight is 280 g/mol. The van der Waals surface area contributed by atoms with Crippen molar-refractivity contribution >= 4 is 23.2 Å². The monoisotopic (exact) mass is 279 g/mol. The van der Waals surface area contributed by atoms with E-state index < -0.39 is 5.41 Å². The molecule has 0 saturated carbocycles. The molecule has 0 atom stereocenters. The van der Waals surface area contributed by atoms with Crippen molar-refractivity contribution in [1.29, 1.82) is 0 Å². The van der Waals surface area contributed by atoms with Gasteiger partial charge in [-0.2, -0.15) is 5.10 Å². The first-order valence-electron chi connectivity index (χ1n) is 5.71. The maximum Gasteiger partial charge on any atom is 0.231 e. The number of alkyl halides is 1. The summed E-state index contributed by atoms with van der Waals surface area (Å²) < 4.78 is 1.54. The van der Waals surface area contributed by atoms with E-state index in [2.05, 4.69) is 20.4 Å². The smallest absolute Gasteiger partial charge is 0.231 e. The van der Waals surface area contributed by atoms with Gasteiger partial charge in [-0.3, -0.25) is 4.79 Å². The topological polar surface area (TPSA) is 72.7 Å². The lowest BCUT2D eigenvalue weighted by Crippen LogP contribution is -2.32. The minimum absolute atomic E-state index is 0.141. The summed E-state index contributed by atoms with van der Waals surface area (Å²) in [7, 11) is 0. The van der Waals surface area contributed by atoms with Gasteiger partial charge in [0, 0.05) is 5.88 Å². The largest absolute Gasteiger partial charge is 0.324 e. The van der Waals surface area contributed by atoms with Crippen LogP contribution >= 0.6 is 11.6 Å². The SMILES string of the molecule is CC(C)(CCl)C(=O)Nc1ccc(-n2cncn2)nc1. The van der Waals surface area contributed by atoms with Crippen molar-refractivity contribution in [1.82, 2.24) is 19.7 Å². The summed E-state index contributed by atoms with van der Waals surface area (Å²) in [5.74, 6) is 0.744. The Balaban J connectivity index is 2.10. The fourth-order valence-corrected chi connectivity index (χ4v) is 1.40. The van der Waals surface area contributed by atoms with Gasteiger partial charge in [0.2, 0.25) is 5.91 Å². The van der Waals surface area contributed by atoms with Crippen molar-refractivity contribution in [3.05, 3.63) is 31.0 Å². The van der Waals surface area contributed by atoms with E-state index in [1.165, 1.54) is 11.0 Å². The predicted octanol–water partition coefficient (Wildman–Crippen LogP) is 1.87. The Morgan fingerprint density at radius 2 is 2.26 bits per heavy atom. The Morgan fingerprint density at radius 3 is 2.79 bits per heavy atom. The molecule has 100 valence electrons. The Kier molecular flexibility index (Phi) is 3.80. The second-order valence-corrected chi connectivity index (χ2v) is 4.98. The number of carbonyl (C=O) groups excluding carboxylic acids is 1. The number of halogens is 1. The number of pyridine rings is 1. The van der Waals surface area contributed by atoms with Crippen LogP contribution in [0, 0.1) is 5.41 Å². The van der Waals surface area contributed by atoms with Crippen molar-refractivity contribution in [3.63, 3.8) is 0 Å². The molecule has 1 N–H and O–H groups in total. The van der Waals surface area contributed by atoms with Crippen molar-refractivity contribution in [2.75, 3.05) is 11.2 Å². The Morgan fingerprint density at radius 1 is 1.47 bits per heavy atom. The minimum atomic E-state index is -0.619. The second kappa shape index (κ2) is 5.36. The molecule has 2 aromatic rings. The zero-order valence-electron chi connectivity index (χ0n) is 10.7. The molecule has 2 aromatic heterocycles. The molecule has 0 aromatic carbocycles. The van der Waals surface area contributed by atoms with Crippen LogP contribution in [0.3, 0.4) is 0 Å². The van der Waals surface area contributed by atoms with E-state index in [4.69, 9.17) is 11.6 Å².